The van der Waals surface area contributed by atoms with Crippen molar-refractivity contribution >= 4 is 35.3 Å². The van der Waals surface area contributed by atoms with Crippen molar-refractivity contribution in [2.24, 2.45) is 11.7 Å². The lowest BCUT2D eigenvalue weighted by Crippen LogP contribution is -2.26. The van der Waals surface area contributed by atoms with Gasteiger partial charge in [-0.05, 0) is 44.2 Å². The molecule has 0 aliphatic heterocycles. The molecule has 0 radical (unpaired) electrons. The minimum atomic E-state index is 0. The maximum absolute atomic E-state index is 12.7. The number of hydrogen-bond donors (Lipinski definition) is 2. The zero-order chi connectivity index (χ0) is 16.5. The molecule has 2 saturated carbocycles. The molecule has 0 bridgehead atoms. The Kier molecular flexibility index (Phi) is 5.64. The van der Waals surface area contributed by atoms with Gasteiger partial charge in [0.1, 0.15) is 0 Å². The number of nitrogens with zero attached hydrogens (tertiary/aromatic N) is 2. The fourth-order valence-corrected chi connectivity index (χ4v) is 4.31. The van der Waals surface area contributed by atoms with E-state index in [4.69, 9.17) is 10.7 Å². The summed E-state index contributed by atoms with van der Waals surface area (Å²) in [5.41, 5.74) is 8.05. The molecule has 136 valence electrons. The van der Waals surface area contributed by atoms with Gasteiger partial charge in [-0.3, -0.25) is 10.1 Å². The van der Waals surface area contributed by atoms with Gasteiger partial charge in [0, 0.05) is 18.0 Å². The van der Waals surface area contributed by atoms with Gasteiger partial charge in [0.25, 0.3) is 0 Å². The first kappa shape index (κ1) is 18.2. The standard InChI is InChI=1S/C19H26N4O.ClH/c20-14-11-10-13(12-14)18(24)22-19-21-16-8-4-5-9-17(16)23(19)15-6-2-1-3-7-15;/h4-5,8-9,13-15H,1-3,6-7,10-12,20H2,(H,21,22,24);1H. The molecule has 2 fully saturated rings. The van der Waals surface area contributed by atoms with Crippen LogP contribution in [-0.4, -0.2) is 21.5 Å². The summed E-state index contributed by atoms with van der Waals surface area (Å²) in [6, 6.07) is 8.78. The molecule has 0 spiro atoms. The van der Waals surface area contributed by atoms with Crippen LogP contribution in [0.3, 0.4) is 0 Å². The fraction of sp³-hybridized carbons (Fsp3) is 0.579. The summed E-state index contributed by atoms with van der Waals surface area (Å²) in [5.74, 6) is 0.823. The largest absolute Gasteiger partial charge is 0.328 e. The summed E-state index contributed by atoms with van der Waals surface area (Å²) in [5, 5.41) is 3.12. The number of halogens is 1. The molecular weight excluding hydrogens is 336 g/mol. The summed E-state index contributed by atoms with van der Waals surface area (Å²) < 4.78 is 2.27. The van der Waals surface area contributed by atoms with E-state index in [-0.39, 0.29) is 30.3 Å². The topological polar surface area (TPSA) is 72.9 Å². The third-order valence-electron chi connectivity index (χ3n) is 5.61. The number of imidazole rings is 1. The summed E-state index contributed by atoms with van der Waals surface area (Å²) >= 11 is 0. The van der Waals surface area contributed by atoms with Crippen LogP contribution in [0.25, 0.3) is 11.0 Å². The minimum Gasteiger partial charge on any atom is -0.328 e. The van der Waals surface area contributed by atoms with Crippen LogP contribution in [0.15, 0.2) is 24.3 Å². The van der Waals surface area contributed by atoms with Crippen LogP contribution in [0.2, 0.25) is 0 Å². The highest BCUT2D eigenvalue weighted by atomic mass is 35.5. The number of amides is 1. The summed E-state index contributed by atoms with van der Waals surface area (Å²) in [7, 11) is 0. The Labute approximate surface area is 154 Å². The summed E-state index contributed by atoms with van der Waals surface area (Å²) in [6.45, 7) is 0. The van der Waals surface area contributed by atoms with Crippen LogP contribution in [0, 0.1) is 5.92 Å². The second-order valence-electron chi connectivity index (χ2n) is 7.35. The van der Waals surface area contributed by atoms with Crippen molar-refractivity contribution in [1.82, 2.24) is 9.55 Å². The van der Waals surface area contributed by atoms with Crippen LogP contribution in [0.5, 0.6) is 0 Å². The molecule has 1 amide bonds. The molecule has 2 unspecified atom stereocenters. The number of hydrogen-bond acceptors (Lipinski definition) is 3. The lowest BCUT2D eigenvalue weighted by molar-refractivity contribution is -0.119. The average molecular weight is 363 g/mol. The van der Waals surface area contributed by atoms with Gasteiger partial charge in [-0.15, -0.1) is 12.4 Å². The number of aromatic nitrogens is 2. The van der Waals surface area contributed by atoms with Gasteiger partial charge < -0.3 is 10.3 Å². The third-order valence-corrected chi connectivity index (χ3v) is 5.61. The van der Waals surface area contributed by atoms with Crippen molar-refractivity contribution in [3.63, 3.8) is 0 Å². The molecule has 1 aromatic carbocycles. The molecule has 1 heterocycles. The normalized spacial score (nSPS) is 24.2. The van der Waals surface area contributed by atoms with Gasteiger partial charge >= 0.3 is 0 Å². The minimum absolute atomic E-state index is 0. The molecule has 1 aromatic heterocycles. The predicted molar refractivity (Wildman–Crippen MR) is 103 cm³/mol. The first-order chi connectivity index (χ1) is 11.7. The Hall–Kier alpha value is -1.59. The van der Waals surface area contributed by atoms with E-state index < -0.39 is 0 Å². The van der Waals surface area contributed by atoms with Crippen molar-refractivity contribution in [3.05, 3.63) is 24.3 Å². The molecule has 6 heteroatoms. The molecule has 2 aliphatic rings. The van der Waals surface area contributed by atoms with E-state index in [9.17, 15) is 4.79 Å². The smallest absolute Gasteiger partial charge is 0.229 e. The second-order valence-corrected chi connectivity index (χ2v) is 7.35. The zero-order valence-electron chi connectivity index (χ0n) is 14.5. The van der Waals surface area contributed by atoms with Crippen molar-refractivity contribution in [3.8, 4) is 0 Å². The lowest BCUT2D eigenvalue weighted by atomic mass is 9.95. The van der Waals surface area contributed by atoms with Gasteiger partial charge in [0.15, 0.2) is 0 Å². The molecule has 4 rings (SSSR count). The first-order valence-electron chi connectivity index (χ1n) is 9.26. The Morgan fingerprint density at radius 3 is 2.60 bits per heavy atom. The van der Waals surface area contributed by atoms with Crippen molar-refractivity contribution < 1.29 is 4.79 Å². The fourth-order valence-electron chi connectivity index (χ4n) is 4.31. The van der Waals surface area contributed by atoms with Crippen LogP contribution in [-0.2, 0) is 4.79 Å². The molecule has 25 heavy (non-hydrogen) atoms. The maximum atomic E-state index is 12.7. The van der Waals surface area contributed by atoms with E-state index in [1.807, 2.05) is 18.2 Å². The van der Waals surface area contributed by atoms with Gasteiger partial charge in [0.05, 0.1) is 11.0 Å². The maximum Gasteiger partial charge on any atom is 0.229 e. The van der Waals surface area contributed by atoms with Crippen LogP contribution in [0.1, 0.15) is 57.4 Å². The predicted octanol–water partition coefficient (Wildman–Crippen LogP) is 4.03. The number of rotatable bonds is 3. The lowest BCUT2D eigenvalue weighted by Gasteiger charge is -2.25. The van der Waals surface area contributed by atoms with Crippen LogP contribution in [0.4, 0.5) is 5.95 Å². The Bertz CT molecular complexity index is 738. The van der Waals surface area contributed by atoms with E-state index in [1.165, 1.54) is 19.3 Å². The number of para-hydroxylation sites is 2. The van der Waals surface area contributed by atoms with Gasteiger partial charge in [0.2, 0.25) is 11.9 Å². The highest BCUT2D eigenvalue weighted by Crippen LogP contribution is 2.34. The highest BCUT2D eigenvalue weighted by Gasteiger charge is 2.29. The number of carbonyl (C=O) groups is 1. The van der Waals surface area contributed by atoms with Crippen molar-refractivity contribution in [1.29, 1.82) is 0 Å². The van der Waals surface area contributed by atoms with Gasteiger partial charge in [-0.25, -0.2) is 4.98 Å². The van der Waals surface area contributed by atoms with Crippen molar-refractivity contribution in [2.75, 3.05) is 5.32 Å². The van der Waals surface area contributed by atoms with E-state index in [0.29, 0.717) is 12.0 Å². The van der Waals surface area contributed by atoms with E-state index in [1.54, 1.807) is 0 Å². The van der Waals surface area contributed by atoms with E-state index in [0.717, 1.165) is 43.1 Å². The number of fused-ring (bicyclic) bond motifs is 1. The van der Waals surface area contributed by atoms with E-state index >= 15 is 0 Å². The quantitative estimate of drug-likeness (QED) is 0.865. The Morgan fingerprint density at radius 2 is 1.88 bits per heavy atom. The molecule has 2 atom stereocenters. The number of anilines is 1. The average Bonchev–Trinajstić information content (AvgIpc) is 3.19. The molecule has 0 saturated heterocycles. The van der Waals surface area contributed by atoms with Gasteiger partial charge in [-0.1, -0.05) is 31.4 Å². The van der Waals surface area contributed by atoms with Gasteiger partial charge in [-0.2, -0.15) is 0 Å². The number of carbonyl (C=O) groups excluding carboxylic acids is 1. The molecular formula is C19H27ClN4O. The Balaban J connectivity index is 0.00000182. The highest BCUT2D eigenvalue weighted by molar-refractivity contribution is 5.93. The SMILES string of the molecule is Cl.NC1CCC(C(=O)Nc2nc3ccccc3n2C2CCCCC2)C1. The summed E-state index contributed by atoms with van der Waals surface area (Å²) in [4.78, 5) is 17.4. The molecule has 5 nitrogen and oxygen atoms in total. The molecule has 2 aliphatic carbocycles. The zero-order valence-corrected chi connectivity index (χ0v) is 15.3. The van der Waals surface area contributed by atoms with Crippen LogP contribution < -0.4 is 11.1 Å². The third kappa shape index (κ3) is 3.67. The number of benzene rings is 1. The Morgan fingerprint density at radius 1 is 1.12 bits per heavy atom. The molecule has 3 N–H and O–H groups in total. The molecule has 2 aromatic rings. The number of nitrogens with two attached hydrogens (primary N) is 1. The van der Waals surface area contributed by atoms with E-state index in [2.05, 4.69) is 16.0 Å². The van der Waals surface area contributed by atoms with Crippen molar-refractivity contribution in [2.45, 2.75) is 63.5 Å². The first-order valence-corrected chi connectivity index (χ1v) is 9.26. The second kappa shape index (κ2) is 7.75. The summed E-state index contributed by atoms with van der Waals surface area (Å²) in [6.07, 6.45) is 8.76. The number of nitrogens with one attached hydrogen (secondary N) is 1. The monoisotopic (exact) mass is 362 g/mol. The van der Waals surface area contributed by atoms with Crippen LogP contribution >= 0.6 is 12.4 Å².